The number of Topliss-reactive ketones (excluding diaryl/α,β-unsaturated/α-hetero) is 1. The highest BCUT2D eigenvalue weighted by Gasteiger charge is 2.25. The first-order valence-corrected chi connectivity index (χ1v) is 11.3. The quantitative estimate of drug-likeness (QED) is 0.266. The molecule has 8 nitrogen and oxygen atoms in total. The zero-order chi connectivity index (χ0) is 24.9. The van der Waals surface area contributed by atoms with Crippen molar-refractivity contribution < 1.29 is 28.9 Å². The number of benzene rings is 3. The number of carbonyl (C=O) groups is 2. The van der Waals surface area contributed by atoms with E-state index in [1.165, 1.54) is 21.3 Å². The van der Waals surface area contributed by atoms with Gasteiger partial charge in [-0.3, -0.25) is 4.79 Å². The molecular formula is C26H22N2O6S. The van der Waals surface area contributed by atoms with Gasteiger partial charge >= 0.3 is 5.97 Å². The normalized spacial score (nSPS) is 11.6. The molecule has 0 bridgehead atoms. The summed E-state index contributed by atoms with van der Waals surface area (Å²) in [5.74, 6) is -0.411. The molecule has 0 aliphatic heterocycles. The predicted octanol–water partition coefficient (Wildman–Crippen LogP) is 4.68. The summed E-state index contributed by atoms with van der Waals surface area (Å²) in [6.45, 7) is 0. The van der Waals surface area contributed by atoms with Gasteiger partial charge < -0.3 is 19.3 Å². The number of hydrogen-bond acceptors (Lipinski definition) is 8. The van der Waals surface area contributed by atoms with E-state index in [1.807, 2.05) is 0 Å². The molecule has 9 heteroatoms. The van der Waals surface area contributed by atoms with Gasteiger partial charge in [0.1, 0.15) is 11.0 Å². The van der Waals surface area contributed by atoms with E-state index < -0.39 is 11.8 Å². The van der Waals surface area contributed by atoms with Crippen molar-refractivity contribution in [3.05, 3.63) is 82.9 Å². The zero-order valence-corrected chi connectivity index (χ0v) is 20.1. The molecule has 0 atom stereocenters. The van der Waals surface area contributed by atoms with Crippen LogP contribution in [0, 0.1) is 0 Å². The molecule has 3 aromatic carbocycles. The van der Waals surface area contributed by atoms with Crippen molar-refractivity contribution in [2.75, 3.05) is 21.3 Å². The molecule has 0 aliphatic rings. The van der Waals surface area contributed by atoms with Crippen LogP contribution in [0.5, 0.6) is 17.2 Å². The number of fused-ring (bicyclic) bond motifs is 1. The van der Waals surface area contributed by atoms with Crippen LogP contribution in [0.2, 0.25) is 0 Å². The fraction of sp³-hybridized carbons (Fsp3) is 0.154. The van der Waals surface area contributed by atoms with Gasteiger partial charge in [0.05, 0.1) is 38.6 Å². The molecule has 0 aliphatic carbocycles. The molecule has 0 fully saturated rings. The van der Waals surface area contributed by atoms with Crippen LogP contribution in [0.1, 0.15) is 21.5 Å². The number of hydrogen-bond donors (Lipinski definition) is 1. The van der Waals surface area contributed by atoms with Crippen LogP contribution in [0.15, 0.2) is 66.2 Å². The fourth-order valence-corrected chi connectivity index (χ4v) is 4.37. The Kier molecular flexibility index (Phi) is 7.07. The van der Waals surface area contributed by atoms with Crippen molar-refractivity contribution in [1.29, 1.82) is 0 Å². The molecule has 0 spiro atoms. The third-order valence-corrected chi connectivity index (χ3v) is 6.03. The summed E-state index contributed by atoms with van der Waals surface area (Å²) in [4.78, 5) is 26.3. The summed E-state index contributed by atoms with van der Waals surface area (Å²) < 4.78 is 24.7. The summed E-state index contributed by atoms with van der Waals surface area (Å²) in [7, 11) is 4.48. The molecule has 0 saturated heterocycles. The smallest absolute Gasteiger partial charge is 0.336 e. The number of nitrogens with zero attached hydrogens (tertiary/aromatic N) is 2. The second kappa shape index (κ2) is 10.4. The van der Waals surface area contributed by atoms with Gasteiger partial charge in [-0.05, 0) is 35.4 Å². The predicted molar refractivity (Wildman–Crippen MR) is 133 cm³/mol. The summed E-state index contributed by atoms with van der Waals surface area (Å²) in [5.41, 5.74) is 2.58. The average Bonchev–Trinajstić information content (AvgIpc) is 3.35. The molecule has 1 N–H and O–H groups in total. The van der Waals surface area contributed by atoms with Gasteiger partial charge in [-0.25, -0.2) is 4.79 Å². The monoisotopic (exact) mass is 490 g/mol. The lowest BCUT2D eigenvalue weighted by atomic mass is 9.89. The number of aromatic nitrogens is 2. The minimum absolute atomic E-state index is 0.0133. The Labute approximate surface area is 205 Å². The first-order valence-electron chi connectivity index (χ1n) is 10.5. The standard InChI is InChI=1S/C26H22N2O6S/c1-32-21-12-15(13-22(33-2)25(21)34-3)11-18(24(29)16-7-5-4-6-8-16)23(26(30)31)17-9-10-19-20(14-17)28-35-27-19/h4-10,12-14H,11H2,1-3H3,(H,30,31)/b23-18+. The van der Waals surface area contributed by atoms with E-state index in [4.69, 9.17) is 14.2 Å². The van der Waals surface area contributed by atoms with Gasteiger partial charge in [0.2, 0.25) is 5.75 Å². The molecule has 0 amide bonds. The van der Waals surface area contributed by atoms with Gasteiger partial charge in [0.15, 0.2) is 17.3 Å². The molecule has 178 valence electrons. The van der Waals surface area contributed by atoms with Crippen molar-refractivity contribution in [3.8, 4) is 17.2 Å². The van der Waals surface area contributed by atoms with Crippen LogP contribution in [0.3, 0.4) is 0 Å². The Morgan fingerprint density at radius 1 is 0.829 bits per heavy atom. The van der Waals surface area contributed by atoms with Crippen LogP contribution in [0.4, 0.5) is 0 Å². The van der Waals surface area contributed by atoms with E-state index in [0.717, 1.165) is 11.7 Å². The van der Waals surface area contributed by atoms with E-state index in [1.54, 1.807) is 60.7 Å². The Morgan fingerprint density at radius 2 is 1.49 bits per heavy atom. The van der Waals surface area contributed by atoms with Crippen molar-refractivity contribution in [1.82, 2.24) is 8.75 Å². The Balaban J connectivity index is 1.93. The van der Waals surface area contributed by atoms with Crippen molar-refractivity contribution in [3.63, 3.8) is 0 Å². The SMILES string of the molecule is COc1cc(C/C(C(=O)c2ccccc2)=C(\C(=O)O)c2ccc3nsnc3c2)cc(OC)c1OC. The number of rotatable bonds is 9. The maximum Gasteiger partial charge on any atom is 0.336 e. The van der Waals surface area contributed by atoms with Crippen LogP contribution < -0.4 is 14.2 Å². The van der Waals surface area contributed by atoms with E-state index >= 15 is 0 Å². The first kappa shape index (κ1) is 23.9. The first-order chi connectivity index (χ1) is 17.0. The van der Waals surface area contributed by atoms with Crippen LogP contribution in [0.25, 0.3) is 16.6 Å². The summed E-state index contributed by atoms with van der Waals surface area (Å²) in [6.07, 6.45) is 0.0133. The molecule has 4 aromatic rings. The van der Waals surface area contributed by atoms with Crippen LogP contribution >= 0.6 is 11.7 Å². The second-order valence-electron chi connectivity index (χ2n) is 7.53. The number of aliphatic carboxylic acids is 1. The van der Waals surface area contributed by atoms with E-state index in [-0.39, 0.29) is 17.6 Å². The maximum atomic E-state index is 13.7. The zero-order valence-electron chi connectivity index (χ0n) is 19.3. The lowest BCUT2D eigenvalue weighted by Gasteiger charge is -2.16. The minimum Gasteiger partial charge on any atom is -0.493 e. The largest absolute Gasteiger partial charge is 0.493 e. The lowest BCUT2D eigenvalue weighted by molar-refractivity contribution is -0.130. The summed E-state index contributed by atoms with van der Waals surface area (Å²) in [5, 5.41) is 10.3. The molecule has 4 rings (SSSR count). The number of carbonyl (C=O) groups excluding carboxylic acids is 1. The number of allylic oxidation sites excluding steroid dienone is 1. The third-order valence-electron chi connectivity index (χ3n) is 5.47. The lowest BCUT2D eigenvalue weighted by Crippen LogP contribution is -2.14. The van der Waals surface area contributed by atoms with Crippen LogP contribution in [-0.4, -0.2) is 46.9 Å². The molecule has 1 heterocycles. The number of carboxylic acid groups (broad SMARTS) is 1. The van der Waals surface area contributed by atoms with Gasteiger partial charge in [-0.2, -0.15) is 8.75 Å². The molecule has 35 heavy (non-hydrogen) atoms. The van der Waals surface area contributed by atoms with Crippen LogP contribution in [-0.2, 0) is 11.2 Å². The number of ketones is 1. The fourth-order valence-electron chi connectivity index (χ4n) is 3.85. The highest BCUT2D eigenvalue weighted by molar-refractivity contribution is 7.00. The second-order valence-corrected chi connectivity index (χ2v) is 8.06. The van der Waals surface area contributed by atoms with E-state index in [9.17, 15) is 14.7 Å². The van der Waals surface area contributed by atoms with Gasteiger partial charge in [0, 0.05) is 17.6 Å². The van der Waals surface area contributed by atoms with E-state index in [0.29, 0.717) is 45.0 Å². The summed E-state index contributed by atoms with van der Waals surface area (Å²) >= 11 is 1.04. The van der Waals surface area contributed by atoms with Gasteiger partial charge in [-0.15, -0.1) is 0 Å². The third kappa shape index (κ3) is 4.85. The molecular weight excluding hydrogens is 468 g/mol. The van der Waals surface area contributed by atoms with E-state index in [2.05, 4.69) is 8.75 Å². The molecule has 0 saturated carbocycles. The topological polar surface area (TPSA) is 108 Å². The molecule has 1 aromatic heterocycles. The minimum atomic E-state index is -1.22. The highest BCUT2D eigenvalue weighted by Crippen LogP contribution is 2.39. The van der Waals surface area contributed by atoms with Gasteiger partial charge in [0.25, 0.3) is 0 Å². The Hall–Kier alpha value is -4.24. The van der Waals surface area contributed by atoms with Crippen molar-refractivity contribution >= 4 is 40.1 Å². The highest BCUT2D eigenvalue weighted by atomic mass is 32.1. The Morgan fingerprint density at radius 3 is 2.09 bits per heavy atom. The maximum absolute atomic E-state index is 13.7. The average molecular weight is 491 g/mol. The Bertz CT molecular complexity index is 1400. The van der Waals surface area contributed by atoms with Crippen molar-refractivity contribution in [2.45, 2.75) is 6.42 Å². The number of carboxylic acids is 1. The molecule has 0 unspecified atom stereocenters. The number of ether oxygens (including phenoxy) is 3. The van der Waals surface area contributed by atoms with Gasteiger partial charge in [-0.1, -0.05) is 36.4 Å². The van der Waals surface area contributed by atoms with Crippen molar-refractivity contribution in [2.24, 2.45) is 0 Å². The summed E-state index contributed by atoms with van der Waals surface area (Å²) in [6, 6.07) is 16.9. The molecule has 0 radical (unpaired) electrons. The number of methoxy groups -OCH3 is 3.